The van der Waals surface area contributed by atoms with Crippen molar-refractivity contribution in [3.8, 4) is 0 Å². The molecule has 28 heavy (non-hydrogen) atoms. The van der Waals surface area contributed by atoms with Crippen LogP contribution < -0.4 is 16.4 Å². The van der Waals surface area contributed by atoms with Gasteiger partial charge in [-0.2, -0.15) is 5.10 Å². The van der Waals surface area contributed by atoms with Gasteiger partial charge in [0.15, 0.2) is 0 Å². The average Bonchev–Trinajstić information content (AvgIpc) is 3.22. The predicted molar refractivity (Wildman–Crippen MR) is 110 cm³/mol. The highest BCUT2D eigenvalue weighted by molar-refractivity contribution is 5.96. The van der Waals surface area contributed by atoms with E-state index in [1.807, 2.05) is 23.7 Å². The van der Waals surface area contributed by atoms with Crippen molar-refractivity contribution in [1.82, 2.24) is 24.6 Å². The fourth-order valence-corrected chi connectivity index (χ4v) is 3.89. The van der Waals surface area contributed by atoms with Crippen LogP contribution in [0.2, 0.25) is 0 Å². The molecule has 1 fully saturated rings. The monoisotopic (exact) mass is 381 g/mol. The molecule has 3 aromatic rings. The minimum atomic E-state index is -0.441. The molecule has 4 N–H and O–H groups in total. The number of imidazole rings is 1. The van der Waals surface area contributed by atoms with Gasteiger partial charge in [-0.15, -0.1) is 0 Å². The molecule has 1 aliphatic rings. The SMILES string of the molecule is CCn1nc(C)cc1Nc1nc2cc(C(N)=O)ccc2n1CC1CCNCC1. The molecule has 0 bridgehead atoms. The van der Waals surface area contributed by atoms with E-state index in [9.17, 15) is 4.79 Å². The van der Waals surface area contributed by atoms with Crippen LogP contribution >= 0.6 is 0 Å². The quantitative estimate of drug-likeness (QED) is 0.608. The molecule has 0 spiro atoms. The van der Waals surface area contributed by atoms with Crippen LogP contribution in [0.15, 0.2) is 24.3 Å². The molecule has 1 aliphatic heterocycles. The van der Waals surface area contributed by atoms with Crippen molar-refractivity contribution in [2.24, 2.45) is 11.7 Å². The number of rotatable bonds is 6. The van der Waals surface area contributed by atoms with Crippen LogP contribution in [-0.4, -0.2) is 38.3 Å². The number of benzene rings is 1. The number of hydrogen-bond donors (Lipinski definition) is 3. The van der Waals surface area contributed by atoms with E-state index in [-0.39, 0.29) is 0 Å². The molecule has 8 heteroatoms. The average molecular weight is 381 g/mol. The Labute approximate surface area is 164 Å². The Bertz CT molecular complexity index is 998. The zero-order valence-electron chi connectivity index (χ0n) is 16.4. The van der Waals surface area contributed by atoms with Crippen molar-refractivity contribution in [3.63, 3.8) is 0 Å². The van der Waals surface area contributed by atoms with Gasteiger partial charge >= 0.3 is 0 Å². The van der Waals surface area contributed by atoms with E-state index in [1.165, 1.54) is 0 Å². The highest BCUT2D eigenvalue weighted by Crippen LogP contribution is 2.27. The summed E-state index contributed by atoms with van der Waals surface area (Å²) >= 11 is 0. The molecule has 4 rings (SSSR count). The molecule has 0 unspecified atom stereocenters. The first-order valence-electron chi connectivity index (χ1n) is 9.87. The van der Waals surface area contributed by atoms with Gasteiger partial charge in [-0.05, 0) is 63.9 Å². The lowest BCUT2D eigenvalue weighted by molar-refractivity contribution is 0.100. The van der Waals surface area contributed by atoms with Gasteiger partial charge in [0, 0.05) is 24.7 Å². The number of piperidine rings is 1. The Morgan fingerprint density at radius 3 is 2.82 bits per heavy atom. The number of amides is 1. The lowest BCUT2D eigenvalue weighted by Crippen LogP contribution is -2.30. The van der Waals surface area contributed by atoms with E-state index in [4.69, 9.17) is 10.7 Å². The van der Waals surface area contributed by atoms with Gasteiger partial charge in [-0.25, -0.2) is 9.67 Å². The zero-order chi connectivity index (χ0) is 19.7. The summed E-state index contributed by atoms with van der Waals surface area (Å²) in [6.45, 7) is 7.80. The lowest BCUT2D eigenvalue weighted by atomic mass is 9.98. The van der Waals surface area contributed by atoms with E-state index in [0.29, 0.717) is 11.5 Å². The fraction of sp³-hybridized carbons (Fsp3) is 0.450. The van der Waals surface area contributed by atoms with E-state index < -0.39 is 5.91 Å². The van der Waals surface area contributed by atoms with Crippen LogP contribution in [-0.2, 0) is 13.1 Å². The highest BCUT2D eigenvalue weighted by atomic mass is 16.1. The van der Waals surface area contributed by atoms with Crippen LogP contribution in [0.3, 0.4) is 0 Å². The zero-order valence-corrected chi connectivity index (χ0v) is 16.4. The molecule has 2 aromatic heterocycles. The predicted octanol–water partition coefficient (Wildman–Crippen LogP) is 2.40. The number of carbonyl (C=O) groups is 1. The van der Waals surface area contributed by atoms with Gasteiger partial charge < -0.3 is 20.9 Å². The number of fused-ring (bicyclic) bond motifs is 1. The van der Waals surface area contributed by atoms with Crippen molar-refractivity contribution >= 4 is 28.7 Å². The third-order valence-corrected chi connectivity index (χ3v) is 5.37. The number of anilines is 2. The number of carbonyl (C=O) groups excluding carboxylic acids is 1. The molecule has 0 aliphatic carbocycles. The van der Waals surface area contributed by atoms with Gasteiger partial charge in [0.05, 0.1) is 16.7 Å². The topological polar surface area (TPSA) is 103 Å². The number of nitrogens with zero attached hydrogens (tertiary/aromatic N) is 4. The maximum atomic E-state index is 11.6. The summed E-state index contributed by atoms with van der Waals surface area (Å²) in [4.78, 5) is 16.4. The van der Waals surface area contributed by atoms with Crippen molar-refractivity contribution in [1.29, 1.82) is 0 Å². The summed E-state index contributed by atoms with van der Waals surface area (Å²) in [5, 5.41) is 11.4. The molecule has 1 amide bonds. The van der Waals surface area contributed by atoms with E-state index in [1.54, 1.807) is 12.1 Å². The largest absolute Gasteiger partial charge is 0.366 e. The molecule has 148 valence electrons. The van der Waals surface area contributed by atoms with Crippen LogP contribution in [0.1, 0.15) is 35.8 Å². The minimum Gasteiger partial charge on any atom is -0.366 e. The highest BCUT2D eigenvalue weighted by Gasteiger charge is 2.19. The molecule has 0 atom stereocenters. The molecule has 3 heterocycles. The minimum absolute atomic E-state index is 0.441. The maximum Gasteiger partial charge on any atom is 0.248 e. The summed E-state index contributed by atoms with van der Waals surface area (Å²) < 4.78 is 4.15. The second-order valence-electron chi connectivity index (χ2n) is 7.42. The summed E-state index contributed by atoms with van der Waals surface area (Å²) in [6, 6.07) is 7.50. The van der Waals surface area contributed by atoms with Crippen molar-refractivity contribution in [2.75, 3.05) is 18.4 Å². The van der Waals surface area contributed by atoms with Crippen LogP contribution in [0.4, 0.5) is 11.8 Å². The third-order valence-electron chi connectivity index (χ3n) is 5.37. The summed E-state index contributed by atoms with van der Waals surface area (Å²) in [5.74, 6) is 1.83. The smallest absolute Gasteiger partial charge is 0.248 e. The summed E-state index contributed by atoms with van der Waals surface area (Å²) in [5.41, 5.74) is 8.66. The fourth-order valence-electron chi connectivity index (χ4n) is 3.89. The van der Waals surface area contributed by atoms with Gasteiger partial charge in [0.25, 0.3) is 0 Å². The van der Waals surface area contributed by atoms with E-state index in [0.717, 1.165) is 67.5 Å². The van der Waals surface area contributed by atoms with Crippen LogP contribution in [0, 0.1) is 12.8 Å². The molecule has 1 saturated heterocycles. The first kappa shape index (κ1) is 18.5. The molecule has 0 radical (unpaired) electrons. The number of primary amides is 1. The first-order valence-corrected chi connectivity index (χ1v) is 9.87. The Morgan fingerprint density at radius 2 is 2.11 bits per heavy atom. The summed E-state index contributed by atoms with van der Waals surface area (Å²) in [7, 11) is 0. The van der Waals surface area contributed by atoms with E-state index >= 15 is 0 Å². The van der Waals surface area contributed by atoms with Crippen molar-refractivity contribution < 1.29 is 4.79 Å². The summed E-state index contributed by atoms with van der Waals surface area (Å²) in [6.07, 6.45) is 2.29. The van der Waals surface area contributed by atoms with Crippen molar-refractivity contribution in [3.05, 3.63) is 35.5 Å². The standard InChI is InChI=1S/C20H27N7O/c1-3-27-18(10-13(2)25-27)24-20-23-16-11-15(19(21)28)4-5-17(16)26(20)12-14-6-8-22-9-7-14/h4-5,10-11,14,22H,3,6-9,12H2,1-2H3,(H2,21,28)(H,23,24). The van der Waals surface area contributed by atoms with Crippen LogP contribution in [0.5, 0.6) is 0 Å². The van der Waals surface area contributed by atoms with Gasteiger partial charge in [0.2, 0.25) is 11.9 Å². The van der Waals surface area contributed by atoms with Crippen molar-refractivity contribution in [2.45, 2.75) is 39.8 Å². The third kappa shape index (κ3) is 3.60. The normalized spacial score (nSPS) is 15.2. The molecule has 1 aromatic carbocycles. The van der Waals surface area contributed by atoms with Gasteiger partial charge in [0.1, 0.15) is 5.82 Å². The number of hydrogen-bond acceptors (Lipinski definition) is 5. The molecular weight excluding hydrogens is 354 g/mol. The molecular formula is C20H27N7O. The number of aromatic nitrogens is 4. The number of nitrogens with two attached hydrogens (primary N) is 1. The number of nitrogens with one attached hydrogen (secondary N) is 2. The van der Waals surface area contributed by atoms with Gasteiger partial charge in [-0.1, -0.05) is 0 Å². The number of aryl methyl sites for hydroxylation is 2. The Morgan fingerprint density at radius 1 is 1.32 bits per heavy atom. The lowest BCUT2D eigenvalue weighted by Gasteiger charge is -2.24. The molecule has 8 nitrogen and oxygen atoms in total. The second-order valence-corrected chi connectivity index (χ2v) is 7.42. The second kappa shape index (κ2) is 7.63. The Kier molecular flexibility index (Phi) is 5.04. The Balaban J connectivity index is 1.75. The maximum absolute atomic E-state index is 11.6. The molecule has 0 saturated carbocycles. The first-order chi connectivity index (χ1) is 13.5. The van der Waals surface area contributed by atoms with E-state index in [2.05, 4.69) is 27.2 Å². The van der Waals surface area contributed by atoms with Gasteiger partial charge in [-0.3, -0.25) is 4.79 Å². The van der Waals surface area contributed by atoms with Crippen LogP contribution in [0.25, 0.3) is 11.0 Å². The Hall–Kier alpha value is -2.87.